The molecule has 0 fully saturated rings. The summed E-state index contributed by atoms with van der Waals surface area (Å²) in [6, 6.07) is 0. The first-order chi connectivity index (χ1) is 6.17. The van der Waals surface area contributed by atoms with Crippen LogP contribution in [0.15, 0.2) is 0 Å². The highest BCUT2D eigenvalue weighted by Gasteiger charge is 2.26. The molecule has 0 aliphatic carbocycles. The molecule has 74 valence electrons. The van der Waals surface area contributed by atoms with Gasteiger partial charge >= 0.3 is 11.9 Å². The second kappa shape index (κ2) is 6.51. The smallest absolute Gasteiger partial charge is 0.319 e. The van der Waals surface area contributed by atoms with Crippen LogP contribution in [0.3, 0.4) is 0 Å². The van der Waals surface area contributed by atoms with Gasteiger partial charge in [0.15, 0.2) is 0 Å². The summed E-state index contributed by atoms with van der Waals surface area (Å²) in [6.45, 7) is 3.98. The van der Waals surface area contributed by atoms with E-state index in [1.807, 2.05) is 0 Å². The van der Waals surface area contributed by atoms with Crippen LogP contribution in [0.2, 0.25) is 6.32 Å². The van der Waals surface area contributed by atoms with Crippen molar-refractivity contribution >= 4 is 19.8 Å². The summed E-state index contributed by atoms with van der Waals surface area (Å²) >= 11 is 0. The zero-order valence-corrected chi connectivity index (χ0v) is 8.33. The number of rotatable bonds is 5. The third kappa shape index (κ3) is 3.96. The Morgan fingerprint density at radius 2 is 1.54 bits per heavy atom. The lowest BCUT2D eigenvalue weighted by Crippen LogP contribution is -2.27. The fraction of sp³-hybridized carbons (Fsp3) is 0.750. The molecule has 0 heterocycles. The Kier molecular flexibility index (Phi) is 6.01. The molecule has 5 heteroatoms. The molecule has 13 heavy (non-hydrogen) atoms. The summed E-state index contributed by atoms with van der Waals surface area (Å²) in [7, 11) is 1.75. The summed E-state index contributed by atoms with van der Waals surface area (Å²) in [5.74, 6) is -1.76. The van der Waals surface area contributed by atoms with Crippen LogP contribution >= 0.6 is 0 Å². The van der Waals surface area contributed by atoms with Crippen LogP contribution in [0.5, 0.6) is 0 Å². The van der Waals surface area contributed by atoms with Crippen LogP contribution in [0.25, 0.3) is 0 Å². The fourth-order valence-corrected chi connectivity index (χ4v) is 0.915. The molecule has 0 amide bonds. The second-order valence-electron chi connectivity index (χ2n) is 2.46. The van der Waals surface area contributed by atoms with Gasteiger partial charge in [-0.05, 0) is 13.8 Å². The van der Waals surface area contributed by atoms with E-state index in [9.17, 15) is 9.59 Å². The van der Waals surface area contributed by atoms with Crippen molar-refractivity contribution in [3.8, 4) is 0 Å². The maximum atomic E-state index is 11.2. The van der Waals surface area contributed by atoms with Crippen molar-refractivity contribution < 1.29 is 19.1 Å². The Morgan fingerprint density at radius 3 is 1.77 bits per heavy atom. The molecule has 0 aliphatic heterocycles. The van der Waals surface area contributed by atoms with Crippen molar-refractivity contribution in [2.24, 2.45) is 5.92 Å². The molecular formula is C8H15BO4. The molecule has 0 aromatic carbocycles. The third-order valence-corrected chi connectivity index (χ3v) is 1.55. The number of ether oxygens (including phenoxy) is 2. The van der Waals surface area contributed by atoms with Gasteiger partial charge in [-0.15, -0.1) is 0 Å². The third-order valence-electron chi connectivity index (χ3n) is 1.55. The number of hydrogen-bond acceptors (Lipinski definition) is 4. The maximum Gasteiger partial charge on any atom is 0.319 e. The zero-order chi connectivity index (χ0) is 10.3. The minimum atomic E-state index is -0.764. The average molecular weight is 186 g/mol. The Morgan fingerprint density at radius 1 is 1.15 bits per heavy atom. The van der Waals surface area contributed by atoms with Gasteiger partial charge in [-0.25, -0.2) is 0 Å². The van der Waals surface area contributed by atoms with E-state index in [4.69, 9.17) is 9.47 Å². The predicted octanol–water partition coefficient (Wildman–Crippen LogP) is -0.220. The lowest BCUT2D eigenvalue weighted by molar-refractivity contribution is -0.160. The summed E-state index contributed by atoms with van der Waals surface area (Å²) in [6.07, 6.45) is 0.414. The molecular weight excluding hydrogens is 171 g/mol. The molecule has 0 aromatic heterocycles. The van der Waals surface area contributed by atoms with Crippen LogP contribution in [0, 0.1) is 5.92 Å². The van der Waals surface area contributed by atoms with Crippen molar-refractivity contribution in [2.45, 2.75) is 20.2 Å². The maximum absolute atomic E-state index is 11.2. The predicted molar refractivity (Wildman–Crippen MR) is 50.1 cm³/mol. The first kappa shape index (κ1) is 12.0. The zero-order valence-electron chi connectivity index (χ0n) is 8.33. The summed E-state index contributed by atoms with van der Waals surface area (Å²) in [4.78, 5) is 22.3. The molecule has 4 nitrogen and oxygen atoms in total. The molecule has 0 N–H and O–H groups in total. The number of esters is 2. The standard InChI is InChI=1S/C8H15BO4/c1-3-12-7(10)6(5-9)8(11)13-4-2/h6H,3-5,9H2,1-2H3. The van der Waals surface area contributed by atoms with E-state index in [-0.39, 0.29) is 13.2 Å². The number of carbonyl (C=O) groups excluding carboxylic acids is 2. The van der Waals surface area contributed by atoms with Gasteiger partial charge in [0.25, 0.3) is 0 Å². The molecule has 0 unspecified atom stereocenters. The van der Waals surface area contributed by atoms with Crippen LogP contribution < -0.4 is 0 Å². The van der Waals surface area contributed by atoms with E-state index in [2.05, 4.69) is 0 Å². The van der Waals surface area contributed by atoms with Crippen molar-refractivity contribution in [3.05, 3.63) is 0 Å². The molecule has 0 aliphatic rings. The summed E-state index contributed by atoms with van der Waals surface area (Å²) in [5.41, 5.74) is 0. The van der Waals surface area contributed by atoms with E-state index >= 15 is 0 Å². The fourth-order valence-electron chi connectivity index (χ4n) is 0.915. The van der Waals surface area contributed by atoms with Gasteiger partial charge in [-0.2, -0.15) is 0 Å². The van der Waals surface area contributed by atoms with Crippen LogP contribution in [-0.4, -0.2) is 33.0 Å². The first-order valence-electron chi connectivity index (χ1n) is 4.50. The Bertz CT molecular complexity index is 163. The number of carbonyl (C=O) groups is 2. The Balaban J connectivity index is 4.15. The molecule has 0 rings (SSSR count). The molecule has 0 aromatic rings. The molecule has 0 spiro atoms. The van der Waals surface area contributed by atoms with E-state index in [0.29, 0.717) is 6.32 Å². The van der Waals surface area contributed by atoms with Crippen LogP contribution in [0.4, 0.5) is 0 Å². The molecule has 0 bridgehead atoms. The average Bonchev–Trinajstić information content (AvgIpc) is 2.06. The molecule has 0 radical (unpaired) electrons. The van der Waals surface area contributed by atoms with E-state index in [1.165, 1.54) is 0 Å². The van der Waals surface area contributed by atoms with Gasteiger partial charge < -0.3 is 9.47 Å². The van der Waals surface area contributed by atoms with E-state index in [0.717, 1.165) is 0 Å². The van der Waals surface area contributed by atoms with Gasteiger partial charge in [0.05, 0.1) is 13.2 Å². The van der Waals surface area contributed by atoms with Gasteiger partial charge in [0.2, 0.25) is 0 Å². The van der Waals surface area contributed by atoms with Crippen LogP contribution in [-0.2, 0) is 19.1 Å². The van der Waals surface area contributed by atoms with Gasteiger partial charge in [-0.1, -0.05) is 6.32 Å². The molecule has 0 saturated carbocycles. The quantitative estimate of drug-likeness (QED) is 0.338. The van der Waals surface area contributed by atoms with Crippen molar-refractivity contribution in [1.29, 1.82) is 0 Å². The number of hydrogen-bond donors (Lipinski definition) is 0. The topological polar surface area (TPSA) is 52.6 Å². The largest absolute Gasteiger partial charge is 0.465 e. The lowest BCUT2D eigenvalue weighted by Gasteiger charge is -2.11. The first-order valence-corrected chi connectivity index (χ1v) is 4.50. The lowest BCUT2D eigenvalue weighted by atomic mass is 9.91. The summed E-state index contributed by atoms with van der Waals surface area (Å²) in [5, 5.41) is 0. The SMILES string of the molecule is BCC(C(=O)OCC)C(=O)OCC. The second-order valence-corrected chi connectivity index (χ2v) is 2.46. The molecule has 0 saturated heterocycles. The van der Waals surface area contributed by atoms with Gasteiger partial charge in [0.1, 0.15) is 13.8 Å². The minimum Gasteiger partial charge on any atom is -0.465 e. The van der Waals surface area contributed by atoms with E-state index in [1.54, 1.807) is 21.7 Å². The van der Waals surface area contributed by atoms with Gasteiger partial charge in [0, 0.05) is 0 Å². The Hall–Kier alpha value is -0.995. The van der Waals surface area contributed by atoms with Crippen LogP contribution in [0.1, 0.15) is 13.8 Å². The van der Waals surface area contributed by atoms with E-state index < -0.39 is 17.9 Å². The summed E-state index contributed by atoms with van der Waals surface area (Å²) < 4.78 is 9.45. The highest BCUT2D eigenvalue weighted by molar-refractivity contribution is 6.13. The molecule has 0 atom stereocenters. The van der Waals surface area contributed by atoms with Crippen molar-refractivity contribution in [1.82, 2.24) is 0 Å². The van der Waals surface area contributed by atoms with Crippen molar-refractivity contribution in [3.63, 3.8) is 0 Å². The van der Waals surface area contributed by atoms with Gasteiger partial charge in [-0.3, -0.25) is 9.59 Å². The highest BCUT2D eigenvalue weighted by Crippen LogP contribution is 2.07. The Labute approximate surface area is 79.0 Å². The highest BCUT2D eigenvalue weighted by atomic mass is 16.6. The normalized spacial score (nSPS) is 9.77. The monoisotopic (exact) mass is 186 g/mol. The van der Waals surface area contributed by atoms with Crippen molar-refractivity contribution in [2.75, 3.05) is 13.2 Å². The minimum absolute atomic E-state index is 0.286.